The highest BCUT2D eigenvalue weighted by molar-refractivity contribution is 4.95. The molecule has 4 nitrogen and oxygen atoms in total. The number of hydrogen-bond acceptors (Lipinski definition) is 4. The van der Waals surface area contributed by atoms with Gasteiger partial charge in [0.05, 0.1) is 19.4 Å². The van der Waals surface area contributed by atoms with Crippen LogP contribution in [-0.2, 0) is 9.47 Å². The Hall–Kier alpha value is -0.160. The zero-order chi connectivity index (χ0) is 12.3. The van der Waals surface area contributed by atoms with Crippen LogP contribution in [0.5, 0.6) is 0 Å². The molecular formula is C13H26N2O2. The van der Waals surface area contributed by atoms with Gasteiger partial charge < -0.3 is 14.8 Å². The van der Waals surface area contributed by atoms with Gasteiger partial charge in [0.2, 0.25) is 0 Å². The topological polar surface area (TPSA) is 33.7 Å². The average molecular weight is 242 g/mol. The lowest BCUT2D eigenvalue weighted by atomic mass is 10.2. The van der Waals surface area contributed by atoms with Crippen molar-refractivity contribution in [2.24, 2.45) is 0 Å². The summed E-state index contributed by atoms with van der Waals surface area (Å²) in [7, 11) is 0. The van der Waals surface area contributed by atoms with E-state index in [1.807, 2.05) is 0 Å². The largest absolute Gasteiger partial charge is 0.376 e. The summed E-state index contributed by atoms with van der Waals surface area (Å²) in [5.74, 6) is 0. The van der Waals surface area contributed by atoms with Gasteiger partial charge in [0.15, 0.2) is 0 Å². The maximum atomic E-state index is 5.87. The quantitative estimate of drug-likeness (QED) is 0.727. The Bertz CT molecular complexity index is 229. The Morgan fingerprint density at radius 1 is 1.41 bits per heavy atom. The number of rotatable bonds is 7. The van der Waals surface area contributed by atoms with Gasteiger partial charge in [-0.25, -0.2) is 0 Å². The number of nitrogens with zero attached hydrogens (tertiary/aromatic N) is 1. The predicted octanol–water partition coefficient (Wildman–Crippen LogP) is 1.21. The van der Waals surface area contributed by atoms with Crippen LogP contribution in [0.25, 0.3) is 0 Å². The normalized spacial score (nSPS) is 31.1. The minimum atomic E-state index is 0.458. The first-order valence-electron chi connectivity index (χ1n) is 6.86. The van der Waals surface area contributed by atoms with Crippen molar-refractivity contribution in [3.05, 3.63) is 0 Å². The molecule has 3 atom stereocenters. The first-order chi connectivity index (χ1) is 8.16. The summed E-state index contributed by atoms with van der Waals surface area (Å²) >= 11 is 0. The molecule has 1 aliphatic carbocycles. The van der Waals surface area contributed by atoms with Crippen LogP contribution in [0.2, 0.25) is 0 Å². The van der Waals surface area contributed by atoms with Crippen LogP contribution in [0.15, 0.2) is 0 Å². The summed E-state index contributed by atoms with van der Waals surface area (Å²) in [6, 6.07) is 1.74. The molecule has 0 bridgehead atoms. The van der Waals surface area contributed by atoms with Crippen molar-refractivity contribution >= 4 is 0 Å². The van der Waals surface area contributed by atoms with Gasteiger partial charge in [-0.2, -0.15) is 0 Å². The molecule has 0 radical (unpaired) electrons. The van der Waals surface area contributed by atoms with E-state index in [0.29, 0.717) is 24.2 Å². The Morgan fingerprint density at radius 2 is 2.24 bits per heavy atom. The minimum absolute atomic E-state index is 0.458. The molecule has 0 aromatic carbocycles. The summed E-state index contributed by atoms with van der Waals surface area (Å²) < 4.78 is 11.2. The third-order valence-electron chi connectivity index (χ3n) is 3.55. The third-order valence-corrected chi connectivity index (χ3v) is 3.55. The van der Waals surface area contributed by atoms with Gasteiger partial charge in [-0.05, 0) is 19.8 Å². The van der Waals surface area contributed by atoms with Gasteiger partial charge in [-0.15, -0.1) is 0 Å². The van der Waals surface area contributed by atoms with E-state index in [9.17, 15) is 0 Å². The van der Waals surface area contributed by atoms with E-state index in [4.69, 9.17) is 9.47 Å². The van der Waals surface area contributed by atoms with Crippen LogP contribution in [0.1, 0.15) is 33.6 Å². The highest BCUT2D eigenvalue weighted by Crippen LogP contribution is 2.26. The van der Waals surface area contributed by atoms with E-state index in [1.54, 1.807) is 0 Å². The van der Waals surface area contributed by atoms with Crippen molar-refractivity contribution in [1.82, 2.24) is 10.2 Å². The molecule has 1 heterocycles. The maximum Gasteiger partial charge on any atom is 0.0993 e. The van der Waals surface area contributed by atoms with Gasteiger partial charge in [0.25, 0.3) is 0 Å². The molecule has 17 heavy (non-hydrogen) atoms. The Balaban J connectivity index is 1.52. The van der Waals surface area contributed by atoms with Crippen molar-refractivity contribution in [3.63, 3.8) is 0 Å². The van der Waals surface area contributed by atoms with E-state index in [2.05, 4.69) is 31.0 Å². The van der Waals surface area contributed by atoms with E-state index in [-0.39, 0.29) is 0 Å². The fourth-order valence-electron chi connectivity index (χ4n) is 2.31. The van der Waals surface area contributed by atoms with E-state index >= 15 is 0 Å². The van der Waals surface area contributed by atoms with E-state index in [1.165, 1.54) is 6.42 Å². The fourth-order valence-corrected chi connectivity index (χ4v) is 2.31. The molecule has 2 aliphatic rings. The Morgan fingerprint density at radius 3 is 2.88 bits per heavy atom. The van der Waals surface area contributed by atoms with Crippen molar-refractivity contribution in [2.45, 2.75) is 57.8 Å². The van der Waals surface area contributed by atoms with Crippen LogP contribution >= 0.6 is 0 Å². The molecule has 2 rings (SSSR count). The van der Waals surface area contributed by atoms with Gasteiger partial charge in [0.1, 0.15) is 0 Å². The molecule has 1 aliphatic heterocycles. The molecule has 2 fully saturated rings. The molecule has 1 N–H and O–H groups in total. The summed E-state index contributed by atoms with van der Waals surface area (Å²) in [5, 5.41) is 3.50. The molecule has 0 amide bonds. The zero-order valence-corrected chi connectivity index (χ0v) is 11.3. The molecule has 4 heteroatoms. The van der Waals surface area contributed by atoms with Crippen molar-refractivity contribution in [3.8, 4) is 0 Å². The highest BCUT2D eigenvalue weighted by atomic mass is 16.5. The lowest BCUT2D eigenvalue weighted by Crippen LogP contribution is -2.32. The van der Waals surface area contributed by atoms with Crippen LogP contribution in [-0.4, -0.2) is 55.6 Å². The first kappa shape index (κ1) is 13.3. The molecular weight excluding hydrogens is 216 g/mol. The SMILES string of the molecule is CC(C)NC1CC1OCCC(C)N1CCOC1. The fraction of sp³-hybridized carbons (Fsp3) is 1.00. The number of nitrogens with one attached hydrogen (secondary N) is 1. The number of ether oxygens (including phenoxy) is 2. The smallest absolute Gasteiger partial charge is 0.0993 e. The predicted molar refractivity (Wildman–Crippen MR) is 68.0 cm³/mol. The first-order valence-corrected chi connectivity index (χ1v) is 6.86. The van der Waals surface area contributed by atoms with Gasteiger partial charge in [-0.1, -0.05) is 13.8 Å². The average Bonchev–Trinajstić information content (AvgIpc) is 2.82. The second kappa shape index (κ2) is 6.14. The molecule has 1 saturated carbocycles. The Labute approximate surface area is 105 Å². The summed E-state index contributed by atoms with van der Waals surface area (Å²) in [6.07, 6.45) is 2.74. The van der Waals surface area contributed by atoms with Crippen LogP contribution < -0.4 is 5.32 Å². The monoisotopic (exact) mass is 242 g/mol. The Kier molecular flexibility index (Phi) is 4.79. The second-order valence-corrected chi connectivity index (χ2v) is 5.56. The molecule has 0 spiro atoms. The summed E-state index contributed by atoms with van der Waals surface area (Å²) in [4.78, 5) is 2.38. The molecule has 100 valence electrons. The second-order valence-electron chi connectivity index (χ2n) is 5.56. The summed E-state index contributed by atoms with van der Waals surface area (Å²) in [6.45, 7) is 10.3. The van der Waals surface area contributed by atoms with E-state index in [0.717, 1.165) is 32.9 Å². The maximum absolute atomic E-state index is 5.87. The van der Waals surface area contributed by atoms with Crippen molar-refractivity contribution in [2.75, 3.05) is 26.5 Å². The van der Waals surface area contributed by atoms with Gasteiger partial charge in [-0.3, -0.25) is 4.90 Å². The third kappa shape index (κ3) is 4.21. The van der Waals surface area contributed by atoms with Gasteiger partial charge in [0, 0.05) is 31.3 Å². The molecule has 1 saturated heterocycles. The van der Waals surface area contributed by atoms with Crippen molar-refractivity contribution < 1.29 is 9.47 Å². The van der Waals surface area contributed by atoms with Crippen LogP contribution in [0.4, 0.5) is 0 Å². The lowest BCUT2D eigenvalue weighted by molar-refractivity contribution is 0.0736. The zero-order valence-electron chi connectivity index (χ0n) is 11.3. The van der Waals surface area contributed by atoms with Crippen LogP contribution in [0.3, 0.4) is 0 Å². The lowest BCUT2D eigenvalue weighted by Gasteiger charge is -2.21. The highest BCUT2D eigenvalue weighted by Gasteiger charge is 2.38. The van der Waals surface area contributed by atoms with Gasteiger partial charge >= 0.3 is 0 Å². The van der Waals surface area contributed by atoms with Crippen LogP contribution in [0, 0.1) is 0 Å². The molecule has 3 unspecified atom stereocenters. The van der Waals surface area contributed by atoms with E-state index < -0.39 is 0 Å². The van der Waals surface area contributed by atoms with Crippen molar-refractivity contribution in [1.29, 1.82) is 0 Å². The summed E-state index contributed by atoms with van der Waals surface area (Å²) in [5.41, 5.74) is 0. The molecule has 0 aromatic heterocycles. The minimum Gasteiger partial charge on any atom is -0.376 e. The molecule has 0 aromatic rings. The standard InChI is InChI=1S/C13H26N2O2/c1-10(2)14-12-8-13(12)17-6-4-11(3)15-5-7-16-9-15/h10-14H,4-9H2,1-3H3. The number of hydrogen-bond donors (Lipinski definition) is 1.